The minimum atomic E-state index is -0.0767. The maximum Gasteiger partial charge on any atom is 0.234 e. The highest BCUT2D eigenvalue weighted by atomic mass is 35.5. The van der Waals surface area contributed by atoms with Crippen molar-refractivity contribution in [2.45, 2.75) is 12.1 Å². The summed E-state index contributed by atoms with van der Waals surface area (Å²) in [7, 11) is 1.96. The third-order valence-electron chi connectivity index (χ3n) is 3.75. The third-order valence-corrected chi connectivity index (χ3v) is 5.05. The molecule has 0 fully saturated rings. The van der Waals surface area contributed by atoms with Crippen LogP contribution >= 0.6 is 23.4 Å². The maximum absolute atomic E-state index is 12.1. The van der Waals surface area contributed by atoms with E-state index in [1.807, 2.05) is 17.8 Å². The Morgan fingerprint density at radius 3 is 2.52 bits per heavy atom. The second kappa shape index (κ2) is 7.76. The van der Waals surface area contributed by atoms with E-state index in [2.05, 4.69) is 41.5 Å². The number of imidazole rings is 1. The first-order chi connectivity index (χ1) is 12.0. The van der Waals surface area contributed by atoms with Gasteiger partial charge in [-0.3, -0.25) is 4.79 Å². The summed E-state index contributed by atoms with van der Waals surface area (Å²) in [5.74, 6) is 0.216. The van der Waals surface area contributed by atoms with Gasteiger partial charge in [0.2, 0.25) is 5.91 Å². The molecule has 0 aliphatic heterocycles. The van der Waals surface area contributed by atoms with Crippen molar-refractivity contribution in [2.24, 2.45) is 7.05 Å². The summed E-state index contributed by atoms with van der Waals surface area (Å²) in [6, 6.07) is 15.4. The molecule has 0 unspecified atom stereocenters. The standard InChI is InChI=1S/C19H18ClN3OS/c1-13-3-5-14(6-4-13)17-11-21-19(23(17)2)25-12-18(24)22-16-9-7-15(20)8-10-16/h3-11H,12H2,1-2H3,(H,22,24). The monoisotopic (exact) mass is 371 g/mol. The number of hydrogen-bond donors (Lipinski definition) is 1. The summed E-state index contributed by atoms with van der Waals surface area (Å²) in [6.45, 7) is 2.06. The molecular formula is C19H18ClN3OS. The highest BCUT2D eigenvalue weighted by Gasteiger charge is 2.11. The van der Waals surface area contributed by atoms with E-state index in [4.69, 9.17) is 11.6 Å². The molecule has 128 valence electrons. The Kier molecular flexibility index (Phi) is 5.46. The molecule has 0 aliphatic rings. The van der Waals surface area contributed by atoms with Crippen molar-refractivity contribution in [2.75, 3.05) is 11.1 Å². The predicted octanol–water partition coefficient (Wildman–Crippen LogP) is 4.78. The van der Waals surface area contributed by atoms with Gasteiger partial charge in [-0.05, 0) is 36.8 Å². The normalized spacial score (nSPS) is 10.7. The van der Waals surface area contributed by atoms with Gasteiger partial charge in [-0.1, -0.05) is 53.2 Å². The molecule has 2 aromatic carbocycles. The molecule has 0 spiro atoms. The van der Waals surface area contributed by atoms with Crippen LogP contribution in [0.15, 0.2) is 59.9 Å². The highest BCUT2D eigenvalue weighted by molar-refractivity contribution is 7.99. The largest absolute Gasteiger partial charge is 0.325 e. The summed E-state index contributed by atoms with van der Waals surface area (Å²) in [4.78, 5) is 16.5. The van der Waals surface area contributed by atoms with Crippen LogP contribution in [0.2, 0.25) is 5.02 Å². The lowest BCUT2D eigenvalue weighted by atomic mass is 10.1. The predicted molar refractivity (Wildman–Crippen MR) is 104 cm³/mol. The highest BCUT2D eigenvalue weighted by Crippen LogP contribution is 2.25. The lowest BCUT2D eigenvalue weighted by Crippen LogP contribution is -2.14. The fraction of sp³-hybridized carbons (Fsp3) is 0.158. The van der Waals surface area contributed by atoms with E-state index >= 15 is 0 Å². The molecule has 1 N–H and O–H groups in total. The number of aromatic nitrogens is 2. The molecule has 3 rings (SSSR count). The molecule has 6 heteroatoms. The molecule has 0 saturated heterocycles. The second-order valence-electron chi connectivity index (χ2n) is 5.69. The number of amides is 1. The van der Waals surface area contributed by atoms with Gasteiger partial charge < -0.3 is 9.88 Å². The first kappa shape index (κ1) is 17.6. The minimum absolute atomic E-state index is 0.0767. The van der Waals surface area contributed by atoms with Crippen LogP contribution in [0, 0.1) is 6.92 Å². The van der Waals surface area contributed by atoms with Crippen molar-refractivity contribution >= 4 is 35.0 Å². The Morgan fingerprint density at radius 2 is 1.84 bits per heavy atom. The van der Waals surface area contributed by atoms with E-state index in [1.165, 1.54) is 17.3 Å². The number of halogens is 1. The first-order valence-electron chi connectivity index (χ1n) is 7.80. The average Bonchev–Trinajstić information content (AvgIpc) is 2.97. The van der Waals surface area contributed by atoms with Gasteiger partial charge in [0.1, 0.15) is 0 Å². The minimum Gasteiger partial charge on any atom is -0.325 e. The Balaban J connectivity index is 1.62. The Morgan fingerprint density at radius 1 is 1.16 bits per heavy atom. The fourth-order valence-corrected chi connectivity index (χ4v) is 3.26. The Labute approximate surface area is 156 Å². The molecule has 0 saturated carbocycles. The second-order valence-corrected chi connectivity index (χ2v) is 7.07. The Bertz CT molecular complexity index is 873. The van der Waals surface area contributed by atoms with Crippen LogP contribution in [0.1, 0.15) is 5.56 Å². The van der Waals surface area contributed by atoms with Crippen molar-refractivity contribution in [1.29, 1.82) is 0 Å². The molecule has 0 radical (unpaired) electrons. The van der Waals surface area contributed by atoms with Crippen molar-refractivity contribution in [3.63, 3.8) is 0 Å². The number of hydrogen-bond acceptors (Lipinski definition) is 3. The average molecular weight is 372 g/mol. The molecule has 0 bridgehead atoms. The van der Waals surface area contributed by atoms with Gasteiger partial charge in [0.25, 0.3) is 0 Å². The van der Waals surface area contributed by atoms with Crippen LogP contribution in [-0.2, 0) is 11.8 Å². The molecule has 25 heavy (non-hydrogen) atoms. The van der Waals surface area contributed by atoms with Crippen molar-refractivity contribution in [3.8, 4) is 11.3 Å². The number of aryl methyl sites for hydroxylation is 1. The molecule has 0 aliphatic carbocycles. The summed E-state index contributed by atoms with van der Waals surface area (Å²) in [6.07, 6.45) is 1.84. The van der Waals surface area contributed by atoms with E-state index in [0.29, 0.717) is 10.8 Å². The van der Waals surface area contributed by atoms with Crippen LogP contribution < -0.4 is 5.32 Å². The van der Waals surface area contributed by atoms with E-state index in [0.717, 1.165) is 22.1 Å². The molecule has 1 aromatic heterocycles. The van der Waals surface area contributed by atoms with E-state index < -0.39 is 0 Å². The number of thioether (sulfide) groups is 1. The third kappa shape index (κ3) is 4.44. The molecule has 1 heterocycles. The number of nitrogens with one attached hydrogen (secondary N) is 1. The topological polar surface area (TPSA) is 46.9 Å². The number of benzene rings is 2. The zero-order valence-electron chi connectivity index (χ0n) is 14.0. The number of anilines is 1. The van der Waals surface area contributed by atoms with Crippen LogP contribution in [0.3, 0.4) is 0 Å². The summed E-state index contributed by atoms with van der Waals surface area (Å²) < 4.78 is 2.00. The number of carbonyl (C=O) groups excluding carboxylic acids is 1. The van der Waals surface area contributed by atoms with Crippen molar-refractivity contribution < 1.29 is 4.79 Å². The van der Waals surface area contributed by atoms with Crippen molar-refractivity contribution in [3.05, 3.63) is 65.3 Å². The SMILES string of the molecule is Cc1ccc(-c2cnc(SCC(=O)Nc3ccc(Cl)cc3)n2C)cc1. The van der Waals surface area contributed by atoms with E-state index in [9.17, 15) is 4.79 Å². The van der Waals surface area contributed by atoms with E-state index in [-0.39, 0.29) is 5.91 Å². The summed E-state index contributed by atoms with van der Waals surface area (Å²) >= 11 is 7.25. The van der Waals surface area contributed by atoms with E-state index in [1.54, 1.807) is 24.3 Å². The van der Waals surface area contributed by atoms with Gasteiger partial charge in [0.05, 0.1) is 17.6 Å². The van der Waals surface area contributed by atoms with Crippen LogP contribution in [0.5, 0.6) is 0 Å². The lowest BCUT2D eigenvalue weighted by Gasteiger charge is -2.07. The van der Waals surface area contributed by atoms with Gasteiger partial charge in [-0.15, -0.1) is 0 Å². The molecule has 3 aromatic rings. The van der Waals surface area contributed by atoms with Crippen molar-refractivity contribution in [1.82, 2.24) is 9.55 Å². The van der Waals surface area contributed by atoms with Gasteiger partial charge in [-0.2, -0.15) is 0 Å². The number of nitrogens with zero attached hydrogens (tertiary/aromatic N) is 2. The maximum atomic E-state index is 12.1. The Hall–Kier alpha value is -2.24. The van der Waals surface area contributed by atoms with Crippen LogP contribution in [0.4, 0.5) is 5.69 Å². The number of carbonyl (C=O) groups is 1. The lowest BCUT2D eigenvalue weighted by molar-refractivity contribution is -0.113. The van der Waals surface area contributed by atoms with Crippen LogP contribution in [-0.4, -0.2) is 21.2 Å². The molecular weight excluding hydrogens is 354 g/mol. The van der Waals surface area contributed by atoms with Gasteiger partial charge in [0, 0.05) is 17.8 Å². The molecule has 0 atom stereocenters. The van der Waals surface area contributed by atoms with Gasteiger partial charge in [0.15, 0.2) is 5.16 Å². The zero-order valence-corrected chi connectivity index (χ0v) is 15.6. The van der Waals surface area contributed by atoms with Crippen LogP contribution in [0.25, 0.3) is 11.3 Å². The van der Waals surface area contributed by atoms with Gasteiger partial charge >= 0.3 is 0 Å². The summed E-state index contributed by atoms with van der Waals surface area (Å²) in [5.41, 5.74) is 4.09. The first-order valence-corrected chi connectivity index (χ1v) is 9.16. The molecule has 4 nitrogen and oxygen atoms in total. The quantitative estimate of drug-likeness (QED) is 0.656. The smallest absolute Gasteiger partial charge is 0.234 e. The van der Waals surface area contributed by atoms with Gasteiger partial charge in [-0.25, -0.2) is 4.98 Å². The fourth-order valence-electron chi connectivity index (χ4n) is 2.38. The zero-order chi connectivity index (χ0) is 17.8. The molecule has 1 amide bonds. The summed E-state index contributed by atoms with van der Waals surface area (Å²) in [5, 5.41) is 4.30. The number of rotatable bonds is 5.